The summed E-state index contributed by atoms with van der Waals surface area (Å²) in [6, 6.07) is 11.5. The van der Waals surface area contributed by atoms with Crippen molar-refractivity contribution < 1.29 is 15.0 Å². The van der Waals surface area contributed by atoms with Crippen LogP contribution < -0.4 is 4.90 Å². The van der Waals surface area contributed by atoms with Gasteiger partial charge in [0.25, 0.3) is 0 Å². The molecule has 0 amide bonds. The maximum Gasteiger partial charge on any atom is 0.323 e. The molecule has 6 heteroatoms. The Kier molecular flexibility index (Phi) is 4.94. The Labute approximate surface area is 132 Å². The molecule has 2 N–H and O–H groups in total. The van der Waals surface area contributed by atoms with Crippen LogP contribution in [-0.2, 0) is 11.3 Å². The number of nitrogens with zero attached hydrogens (tertiary/aromatic N) is 1. The molecule has 0 aliphatic carbocycles. The zero-order valence-corrected chi connectivity index (χ0v) is 12.5. The van der Waals surface area contributed by atoms with E-state index < -0.39 is 5.97 Å². The Bertz CT molecular complexity index is 644. The third-order valence-electron chi connectivity index (χ3n) is 2.92. The van der Waals surface area contributed by atoms with Gasteiger partial charge in [0.15, 0.2) is 0 Å². The third kappa shape index (κ3) is 4.28. The Hall–Kier alpha value is -1.91. The molecule has 0 aliphatic heterocycles. The van der Waals surface area contributed by atoms with Crippen LogP contribution in [0.4, 0.5) is 5.69 Å². The summed E-state index contributed by atoms with van der Waals surface area (Å²) in [5, 5.41) is 20.0. The number of phenolic OH excluding ortho intramolecular Hbond substituents is 1. The summed E-state index contributed by atoms with van der Waals surface area (Å²) in [6.45, 7) is 0.0217. The van der Waals surface area contributed by atoms with Crippen molar-refractivity contribution in [2.45, 2.75) is 6.54 Å². The molecule has 0 spiro atoms. The van der Waals surface area contributed by atoms with E-state index in [0.717, 1.165) is 0 Å². The quantitative estimate of drug-likeness (QED) is 0.878. The second kappa shape index (κ2) is 6.70. The molecule has 2 aromatic carbocycles. The summed E-state index contributed by atoms with van der Waals surface area (Å²) in [5.74, 6) is -0.893. The Morgan fingerprint density at radius 3 is 2.29 bits per heavy atom. The molecule has 2 aromatic rings. The van der Waals surface area contributed by atoms with Crippen LogP contribution in [0.3, 0.4) is 0 Å². The van der Waals surface area contributed by atoms with Gasteiger partial charge in [-0.3, -0.25) is 4.79 Å². The summed E-state index contributed by atoms with van der Waals surface area (Å²) in [6.07, 6.45) is 0. The molecule has 0 unspecified atom stereocenters. The number of anilines is 1. The van der Waals surface area contributed by atoms with E-state index >= 15 is 0 Å². The molecule has 0 aromatic heterocycles. The Morgan fingerprint density at radius 1 is 1.05 bits per heavy atom. The van der Waals surface area contributed by atoms with Crippen LogP contribution in [0, 0.1) is 0 Å². The van der Waals surface area contributed by atoms with Gasteiger partial charge in [0.05, 0.1) is 0 Å². The highest BCUT2D eigenvalue weighted by molar-refractivity contribution is 6.31. The second-order valence-electron chi connectivity index (χ2n) is 4.50. The van der Waals surface area contributed by atoms with E-state index in [1.165, 1.54) is 6.07 Å². The zero-order chi connectivity index (χ0) is 15.4. The molecule has 0 aliphatic rings. The van der Waals surface area contributed by atoms with Crippen molar-refractivity contribution in [1.29, 1.82) is 0 Å². The van der Waals surface area contributed by atoms with Crippen molar-refractivity contribution in [2.24, 2.45) is 0 Å². The highest BCUT2D eigenvalue weighted by Crippen LogP contribution is 2.26. The van der Waals surface area contributed by atoms with Gasteiger partial charge < -0.3 is 15.1 Å². The van der Waals surface area contributed by atoms with Crippen LogP contribution in [-0.4, -0.2) is 22.7 Å². The number of benzene rings is 2. The SMILES string of the molecule is O=C(O)CN(Cc1cc(Cl)ccc1O)c1ccc(Cl)cc1. The first-order valence-electron chi connectivity index (χ1n) is 6.15. The molecule has 0 saturated carbocycles. The van der Waals surface area contributed by atoms with E-state index in [1.807, 2.05) is 0 Å². The average molecular weight is 326 g/mol. The van der Waals surface area contributed by atoms with E-state index in [-0.39, 0.29) is 18.8 Å². The Balaban J connectivity index is 2.30. The Morgan fingerprint density at radius 2 is 1.67 bits per heavy atom. The molecular formula is C15H13Cl2NO3. The molecule has 4 nitrogen and oxygen atoms in total. The van der Waals surface area contributed by atoms with E-state index in [9.17, 15) is 9.90 Å². The average Bonchev–Trinajstić information content (AvgIpc) is 2.42. The van der Waals surface area contributed by atoms with Gasteiger partial charge in [0.2, 0.25) is 0 Å². The van der Waals surface area contributed by atoms with E-state index in [0.29, 0.717) is 21.3 Å². The largest absolute Gasteiger partial charge is 0.508 e. The van der Waals surface area contributed by atoms with Gasteiger partial charge in [-0.2, -0.15) is 0 Å². The number of hydrogen-bond donors (Lipinski definition) is 2. The van der Waals surface area contributed by atoms with Crippen LogP contribution in [0.2, 0.25) is 10.0 Å². The number of aromatic hydroxyl groups is 1. The molecule has 0 heterocycles. The summed E-state index contributed by atoms with van der Waals surface area (Å²) in [4.78, 5) is 12.7. The van der Waals surface area contributed by atoms with Crippen molar-refractivity contribution in [1.82, 2.24) is 0 Å². The number of carboxylic acids is 1. The number of aliphatic carboxylic acids is 1. The van der Waals surface area contributed by atoms with Gasteiger partial charge in [0.1, 0.15) is 12.3 Å². The highest BCUT2D eigenvalue weighted by atomic mass is 35.5. The molecule has 2 rings (SSSR count). The van der Waals surface area contributed by atoms with Gasteiger partial charge in [-0.05, 0) is 42.5 Å². The van der Waals surface area contributed by atoms with Crippen LogP contribution in [0.1, 0.15) is 5.56 Å². The molecule has 0 bridgehead atoms. The predicted molar refractivity (Wildman–Crippen MR) is 83.3 cm³/mol. The van der Waals surface area contributed by atoms with Crippen molar-refractivity contribution in [2.75, 3.05) is 11.4 Å². The lowest BCUT2D eigenvalue weighted by molar-refractivity contribution is -0.135. The maximum absolute atomic E-state index is 11.0. The van der Waals surface area contributed by atoms with Crippen LogP contribution >= 0.6 is 23.2 Å². The highest BCUT2D eigenvalue weighted by Gasteiger charge is 2.14. The maximum atomic E-state index is 11.0. The summed E-state index contributed by atoms with van der Waals surface area (Å²) in [5.41, 5.74) is 1.25. The number of halogens is 2. The van der Waals surface area contributed by atoms with E-state index in [4.69, 9.17) is 28.3 Å². The fraction of sp³-hybridized carbons (Fsp3) is 0.133. The summed E-state index contributed by atoms with van der Waals surface area (Å²) >= 11 is 11.7. The van der Waals surface area contributed by atoms with Gasteiger partial charge in [-0.15, -0.1) is 0 Å². The lowest BCUT2D eigenvalue weighted by Crippen LogP contribution is -2.29. The first kappa shape index (κ1) is 15.5. The minimum Gasteiger partial charge on any atom is -0.508 e. The van der Waals surface area contributed by atoms with Crippen molar-refractivity contribution in [3.63, 3.8) is 0 Å². The van der Waals surface area contributed by atoms with Crippen LogP contribution in [0.5, 0.6) is 5.75 Å². The summed E-state index contributed by atoms with van der Waals surface area (Å²) in [7, 11) is 0. The molecule has 0 saturated heterocycles. The minimum atomic E-state index is -0.966. The standard InChI is InChI=1S/C15H13Cl2NO3/c16-11-1-4-13(5-2-11)18(9-15(20)21)8-10-7-12(17)3-6-14(10)19/h1-7,19H,8-9H2,(H,20,21). The first-order valence-corrected chi connectivity index (χ1v) is 6.91. The first-order chi connectivity index (χ1) is 9.95. The zero-order valence-electron chi connectivity index (χ0n) is 11.0. The number of carboxylic acid groups (broad SMARTS) is 1. The van der Waals surface area contributed by atoms with E-state index in [1.54, 1.807) is 41.3 Å². The normalized spacial score (nSPS) is 10.4. The van der Waals surface area contributed by atoms with Gasteiger partial charge >= 0.3 is 5.97 Å². The lowest BCUT2D eigenvalue weighted by atomic mass is 10.1. The van der Waals surface area contributed by atoms with Crippen molar-refractivity contribution >= 4 is 34.9 Å². The fourth-order valence-corrected chi connectivity index (χ4v) is 2.26. The number of carbonyl (C=O) groups is 1. The van der Waals surface area contributed by atoms with Crippen LogP contribution in [0.15, 0.2) is 42.5 Å². The predicted octanol–water partition coefficient (Wildman–Crippen LogP) is 3.79. The molecule has 0 radical (unpaired) electrons. The van der Waals surface area contributed by atoms with Crippen molar-refractivity contribution in [3.8, 4) is 5.75 Å². The molecule has 110 valence electrons. The smallest absolute Gasteiger partial charge is 0.323 e. The molecule has 0 fully saturated rings. The third-order valence-corrected chi connectivity index (χ3v) is 3.41. The molecule has 21 heavy (non-hydrogen) atoms. The number of rotatable bonds is 5. The number of hydrogen-bond acceptors (Lipinski definition) is 3. The fourth-order valence-electron chi connectivity index (χ4n) is 1.94. The second-order valence-corrected chi connectivity index (χ2v) is 5.37. The number of phenols is 1. The van der Waals surface area contributed by atoms with Gasteiger partial charge in [-0.25, -0.2) is 0 Å². The minimum absolute atomic E-state index is 0.0729. The van der Waals surface area contributed by atoms with Gasteiger partial charge in [0, 0.05) is 27.8 Å². The van der Waals surface area contributed by atoms with Gasteiger partial charge in [-0.1, -0.05) is 23.2 Å². The lowest BCUT2D eigenvalue weighted by Gasteiger charge is -2.23. The molecule has 0 atom stereocenters. The topological polar surface area (TPSA) is 60.8 Å². The summed E-state index contributed by atoms with van der Waals surface area (Å²) < 4.78 is 0. The van der Waals surface area contributed by atoms with Crippen molar-refractivity contribution in [3.05, 3.63) is 58.1 Å². The molecular weight excluding hydrogens is 313 g/mol. The van der Waals surface area contributed by atoms with Crippen LogP contribution in [0.25, 0.3) is 0 Å². The monoisotopic (exact) mass is 325 g/mol. The van der Waals surface area contributed by atoms with E-state index in [2.05, 4.69) is 0 Å².